The molecule has 0 saturated carbocycles. The van der Waals surface area contributed by atoms with E-state index in [0.717, 1.165) is 42.7 Å². The fourth-order valence-corrected chi connectivity index (χ4v) is 6.97. The molecular weight excluding hydrogens is 700 g/mol. The average Bonchev–Trinajstić information content (AvgIpc) is 3.08. The first kappa shape index (κ1) is 47.1. The molecule has 0 fully saturated rings. The molecule has 0 amide bonds. The molecule has 0 bridgehead atoms. The number of hydrogen-bond donors (Lipinski definition) is 1. The average molecular weight is 764 g/mol. The summed E-state index contributed by atoms with van der Waals surface area (Å²) in [5, 5.41) is 18.5. The lowest BCUT2D eigenvalue weighted by Gasteiger charge is -2.37. The first-order chi connectivity index (χ1) is 25.7. The molecule has 1 heterocycles. The molecule has 1 N–H and O–H groups in total. The maximum absolute atomic E-state index is 10.5. The number of carbonyl (C=O) groups is 1. The highest BCUT2D eigenvalue weighted by atomic mass is 19.4. The van der Waals surface area contributed by atoms with E-state index < -0.39 is 12.1 Å². The van der Waals surface area contributed by atoms with Gasteiger partial charge in [0, 0.05) is 24.8 Å². The minimum absolute atomic E-state index is 0.100. The Labute approximate surface area is 328 Å². The number of rotatable bonds is 14. The number of aliphatic hydroxyl groups is 1. The third-order valence-corrected chi connectivity index (χ3v) is 10.2. The zero-order valence-corrected chi connectivity index (χ0v) is 34.8. The van der Waals surface area contributed by atoms with Crippen molar-refractivity contribution in [3.8, 4) is 0 Å². The van der Waals surface area contributed by atoms with Gasteiger partial charge in [-0.1, -0.05) is 112 Å². The summed E-state index contributed by atoms with van der Waals surface area (Å²) < 4.78 is 39.8. The number of pyridine rings is 1. The van der Waals surface area contributed by atoms with Crippen LogP contribution < -0.4 is 9.67 Å². The van der Waals surface area contributed by atoms with Crippen LogP contribution in [0.5, 0.6) is 0 Å². The number of aliphatic carboxylic acids is 1. The highest BCUT2D eigenvalue weighted by Crippen LogP contribution is 2.42. The number of carbonyl (C=O) groups excluding carboxylic acids is 1. The number of nitrogens with zero attached hydrogens (tertiary/aromatic N) is 1. The SMILES string of the molecule is CCCOC1CCC(C)(C)C(/C=C/C(C)=C/C=C/C(C)=C/c2cc(/C=C/C=C(C)/C=C/C3=C(C)CCCC3(C)C)cc[n+]2CCO)=C1C.O=C([O-])C(F)(F)F. The number of halogens is 3. The molecule has 1 aromatic rings. The van der Waals surface area contributed by atoms with E-state index in [1.54, 1.807) is 0 Å². The van der Waals surface area contributed by atoms with E-state index in [1.807, 2.05) is 0 Å². The molecule has 5 nitrogen and oxygen atoms in total. The van der Waals surface area contributed by atoms with Crippen LogP contribution in [0, 0.1) is 10.8 Å². The van der Waals surface area contributed by atoms with Gasteiger partial charge < -0.3 is 19.7 Å². The van der Waals surface area contributed by atoms with E-state index in [2.05, 4.69) is 159 Å². The van der Waals surface area contributed by atoms with Gasteiger partial charge in [-0.15, -0.1) is 0 Å². The quantitative estimate of drug-likeness (QED) is 0.151. The van der Waals surface area contributed by atoms with Crippen molar-refractivity contribution in [2.45, 2.75) is 127 Å². The molecule has 1 aromatic heterocycles. The van der Waals surface area contributed by atoms with Crippen molar-refractivity contribution in [1.29, 1.82) is 0 Å². The van der Waals surface area contributed by atoms with Crippen molar-refractivity contribution in [3.05, 3.63) is 123 Å². The molecular formula is C47H64F3NO4. The van der Waals surface area contributed by atoms with Crippen LogP contribution in [0.25, 0.3) is 12.2 Å². The van der Waals surface area contributed by atoms with Gasteiger partial charge in [0.05, 0.1) is 6.10 Å². The minimum atomic E-state index is -5.19. The Kier molecular flexibility index (Phi) is 18.8. The van der Waals surface area contributed by atoms with Gasteiger partial charge in [-0.05, 0) is 112 Å². The van der Waals surface area contributed by atoms with Crippen LogP contribution in [0.3, 0.4) is 0 Å². The van der Waals surface area contributed by atoms with Crippen molar-refractivity contribution in [2.75, 3.05) is 13.2 Å². The van der Waals surface area contributed by atoms with Crippen molar-refractivity contribution in [3.63, 3.8) is 0 Å². The zero-order valence-electron chi connectivity index (χ0n) is 34.8. The number of carboxylic acids is 1. The number of aromatic nitrogens is 1. The van der Waals surface area contributed by atoms with E-state index in [-0.39, 0.29) is 23.5 Å². The fraction of sp³-hybridized carbons (Fsp3) is 0.489. The summed E-state index contributed by atoms with van der Waals surface area (Å²) in [4.78, 5) is 8.78. The molecule has 302 valence electrons. The van der Waals surface area contributed by atoms with Crippen LogP contribution in [0.1, 0.15) is 119 Å². The van der Waals surface area contributed by atoms with Crippen molar-refractivity contribution in [2.24, 2.45) is 10.8 Å². The number of hydrogen-bond acceptors (Lipinski definition) is 4. The number of allylic oxidation sites excluding steroid dienone is 15. The van der Waals surface area contributed by atoms with E-state index >= 15 is 0 Å². The number of carboxylic acid groups (broad SMARTS) is 1. The van der Waals surface area contributed by atoms with Crippen molar-refractivity contribution in [1.82, 2.24) is 0 Å². The third kappa shape index (κ3) is 15.9. The Morgan fingerprint density at radius 2 is 1.55 bits per heavy atom. The molecule has 3 rings (SSSR count). The molecule has 2 aliphatic rings. The molecule has 0 radical (unpaired) electrons. The van der Waals surface area contributed by atoms with Crippen molar-refractivity contribution < 1.29 is 37.5 Å². The molecule has 0 aromatic carbocycles. The summed E-state index contributed by atoms with van der Waals surface area (Å²) in [5.41, 5.74) is 12.0. The first-order valence-corrected chi connectivity index (χ1v) is 19.4. The number of alkyl halides is 3. The predicted octanol–water partition coefficient (Wildman–Crippen LogP) is 10.7. The molecule has 55 heavy (non-hydrogen) atoms. The molecule has 0 spiro atoms. The molecule has 1 unspecified atom stereocenters. The second-order valence-electron chi connectivity index (χ2n) is 16.0. The topological polar surface area (TPSA) is 73.5 Å². The van der Waals surface area contributed by atoms with Gasteiger partial charge in [0.15, 0.2) is 12.7 Å². The molecule has 2 aliphatic carbocycles. The van der Waals surface area contributed by atoms with E-state index in [0.29, 0.717) is 6.54 Å². The molecule has 1 atom stereocenters. The second kappa shape index (κ2) is 21.9. The fourth-order valence-electron chi connectivity index (χ4n) is 6.97. The van der Waals surface area contributed by atoms with Gasteiger partial charge in [-0.2, -0.15) is 17.7 Å². The van der Waals surface area contributed by atoms with Gasteiger partial charge in [-0.3, -0.25) is 0 Å². The summed E-state index contributed by atoms with van der Waals surface area (Å²) in [6.45, 7) is 24.0. The monoisotopic (exact) mass is 763 g/mol. The lowest BCUT2D eigenvalue weighted by Crippen LogP contribution is -2.38. The predicted molar refractivity (Wildman–Crippen MR) is 218 cm³/mol. The van der Waals surface area contributed by atoms with Gasteiger partial charge >= 0.3 is 6.18 Å². The van der Waals surface area contributed by atoms with E-state index in [9.17, 15) is 18.3 Å². The smallest absolute Gasteiger partial charge is 0.430 e. The molecule has 0 aliphatic heterocycles. The molecule has 0 saturated heterocycles. The maximum atomic E-state index is 10.5. The van der Waals surface area contributed by atoms with Crippen LogP contribution in [-0.4, -0.2) is 36.6 Å². The summed E-state index contributed by atoms with van der Waals surface area (Å²) in [6, 6.07) is 4.29. The second-order valence-corrected chi connectivity index (χ2v) is 16.0. The largest absolute Gasteiger partial charge is 0.542 e. The van der Waals surface area contributed by atoms with Crippen LogP contribution in [0.2, 0.25) is 0 Å². The first-order valence-electron chi connectivity index (χ1n) is 19.4. The lowest BCUT2D eigenvalue weighted by atomic mass is 9.71. The van der Waals surface area contributed by atoms with E-state index in [4.69, 9.17) is 14.6 Å². The number of ether oxygens (including phenoxy) is 1. The standard InChI is InChI=1S/C45H64NO2.C2HF3O2/c1-11-31-48-43-24-27-45(9,10)42(38(43)6)23-21-34(2)15-12-17-36(4)32-40-33-39(25-28-46(40)29-30-47)19-13-16-35(3)20-22-41-37(5)18-14-26-44(41,7)8;3-2(4,5)1(6)7/h12-13,15-17,19-23,25,28,32-33,43,47H,11,14,18,24,26-27,29-31H2,1-10H3;(H,6,7)/q+1;/p-1/b17-12+,19-13+,22-20+,23-21+,34-15+,35-16+,36-32+;. The minimum Gasteiger partial charge on any atom is -0.542 e. The van der Waals surface area contributed by atoms with Gasteiger partial charge in [0.2, 0.25) is 5.69 Å². The Morgan fingerprint density at radius 3 is 2.13 bits per heavy atom. The van der Waals surface area contributed by atoms with Gasteiger partial charge in [-0.25, -0.2) is 0 Å². The Bertz CT molecular complexity index is 1740. The summed E-state index contributed by atoms with van der Waals surface area (Å²) in [7, 11) is 0. The maximum Gasteiger partial charge on any atom is 0.430 e. The zero-order chi connectivity index (χ0) is 41.4. The third-order valence-electron chi connectivity index (χ3n) is 10.2. The van der Waals surface area contributed by atoms with Crippen LogP contribution in [0.4, 0.5) is 13.2 Å². The van der Waals surface area contributed by atoms with Crippen molar-refractivity contribution >= 4 is 18.1 Å². The highest BCUT2D eigenvalue weighted by Gasteiger charge is 2.32. The van der Waals surface area contributed by atoms with Gasteiger partial charge in [0.1, 0.15) is 12.6 Å². The highest BCUT2D eigenvalue weighted by molar-refractivity contribution is 5.70. The summed E-state index contributed by atoms with van der Waals surface area (Å²) >= 11 is 0. The lowest BCUT2D eigenvalue weighted by molar-refractivity contribution is -0.699. The Balaban J connectivity index is 0.00000136. The van der Waals surface area contributed by atoms with Crippen LogP contribution in [-0.2, 0) is 16.1 Å². The Morgan fingerprint density at radius 1 is 0.945 bits per heavy atom. The molecule has 8 heteroatoms. The van der Waals surface area contributed by atoms with Gasteiger partial charge in [0.25, 0.3) is 0 Å². The number of aliphatic hydroxyl groups excluding tert-OH is 1. The summed E-state index contributed by atoms with van der Waals surface area (Å²) in [5.74, 6) is -3.01. The van der Waals surface area contributed by atoms with Crippen LogP contribution in [0.15, 0.2) is 112 Å². The summed E-state index contributed by atoms with van der Waals surface area (Å²) in [6.07, 6.45) is 28.4. The normalized spacial score (nSPS) is 20.0. The van der Waals surface area contributed by atoms with E-state index in [1.165, 1.54) is 52.7 Å². The Hall–Kier alpha value is -4.01. The van der Waals surface area contributed by atoms with Crippen LogP contribution >= 0.6 is 0 Å².